The molecule has 1 N–H and O–H groups in total. The second kappa shape index (κ2) is 6.33. The molecule has 2 rings (SSSR count). The van der Waals surface area contributed by atoms with Gasteiger partial charge in [0, 0.05) is 12.7 Å². The van der Waals surface area contributed by atoms with Crippen LogP contribution in [-0.4, -0.2) is 22.4 Å². The number of aromatic hydroxyl groups is 1. The standard InChI is InChI=1S/C14H18N2O3/c1-3-6-12(18-2)14-15-13(19-16-14)9-10-7-4-5-8-11(10)17/h4-5,7-8,12,17H,3,6,9H2,1-2H3. The van der Waals surface area contributed by atoms with Crippen LogP contribution in [0.4, 0.5) is 0 Å². The maximum absolute atomic E-state index is 9.70. The molecule has 0 aliphatic rings. The molecule has 1 atom stereocenters. The fourth-order valence-electron chi connectivity index (χ4n) is 1.91. The number of aromatic nitrogens is 2. The molecule has 0 aliphatic heterocycles. The summed E-state index contributed by atoms with van der Waals surface area (Å²) < 4.78 is 10.5. The van der Waals surface area contributed by atoms with Gasteiger partial charge in [-0.2, -0.15) is 4.98 Å². The Morgan fingerprint density at radius 2 is 2.16 bits per heavy atom. The minimum atomic E-state index is -0.133. The van der Waals surface area contributed by atoms with E-state index in [1.165, 1.54) is 0 Å². The Morgan fingerprint density at radius 3 is 2.84 bits per heavy atom. The Morgan fingerprint density at radius 1 is 1.37 bits per heavy atom. The normalized spacial score (nSPS) is 12.5. The van der Waals surface area contributed by atoms with Crippen LogP contribution in [0.25, 0.3) is 0 Å². The van der Waals surface area contributed by atoms with Crippen molar-refractivity contribution in [3.05, 3.63) is 41.5 Å². The lowest BCUT2D eigenvalue weighted by molar-refractivity contribution is 0.0854. The van der Waals surface area contributed by atoms with Crippen molar-refractivity contribution in [3.63, 3.8) is 0 Å². The first-order valence-electron chi connectivity index (χ1n) is 6.36. The molecule has 5 nitrogen and oxygen atoms in total. The lowest BCUT2D eigenvalue weighted by atomic mass is 10.1. The number of phenolic OH excluding ortho intramolecular Hbond substituents is 1. The van der Waals surface area contributed by atoms with Crippen LogP contribution in [0.15, 0.2) is 28.8 Å². The van der Waals surface area contributed by atoms with Crippen molar-refractivity contribution in [1.29, 1.82) is 0 Å². The summed E-state index contributed by atoms with van der Waals surface area (Å²) >= 11 is 0. The van der Waals surface area contributed by atoms with Gasteiger partial charge in [-0.05, 0) is 12.5 Å². The van der Waals surface area contributed by atoms with Crippen LogP contribution >= 0.6 is 0 Å². The molecule has 0 aliphatic carbocycles. The first kappa shape index (κ1) is 13.5. The van der Waals surface area contributed by atoms with E-state index in [1.54, 1.807) is 19.2 Å². The SMILES string of the molecule is CCCC(OC)c1noc(Cc2ccccc2O)n1. The summed E-state index contributed by atoms with van der Waals surface area (Å²) in [6.07, 6.45) is 2.13. The van der Waals surface area contributed by atoms with Crippen molar-refractivity contribution < 1.29 is 14.4 Å². The van der Waals surface area contributed by atoms with Gasteiger partial charge in [-0.15, -0.1) is 0 Å². The van der Waals surface area contributed by atoms with Gasteiger partial charge >= 0.3 is 0 Å². The highest BCUT2D eigenvalue weighted by Crippen LogP contribution is 2.22. The van der Waals surface area contributed by atoms with E-state index in [2.05, 4.69) is 17.1 Å². The van der Waals surface area contributed by atoms with E-state index in [1.807, 2.05) is 12.1 Å². The van der Waals surface area contributed by atoms with Crippen molar-refractivity contribution in [2.75, 3.05) is 7.11 Å². The van der Waals surface area contributed by atoms with Crippen LogP contribution < -0.4 is 0 Å². The predicted molar refractivity (Wildman–Crippen MR) is 69.9 cm³/mol. The zero-order chi connectivity index (χ0) is 13.7. The molecule has 0 fully saturated rings. The number of hydrogen-bond donors (Lipinski definition) is 1. The van der Waals surface area contributed by atoms with Crippen molar-refractivity contribution in [1.82, 2.24) is 10.1 Å². The van der Waals surface area contributed by atoms with E-state index < -0.39 is 0 Å². The molecule has 102 valence electrons. The fraction of sp³-hybridized carbons (Fsp3) is 0.429. The van der Waals surface area contributed by atoms with Crippen molar-refractivity contribution in [2.45, 2.75) is 32.3 Å². The minimum Gasteiger partial charge on any atom is -0.508 e. The average Bonchev–Trinajstić information content (AvgIpc) is 2.87. The Kier molecular flexibility index (Phi) is 4.52. The quantitative estimate of drug-likeness (QED) is 0.867. The molecule has 1 heterocycles. The van der Waals surface area contributed by atoms with Gasteiger partial charge in [-0.1, -0.05) is 36.7 Å². The zero-order valence-electron chi connectivity index (χ0n) is 11.2. The second-order valence-electron chi connectivity index (χ2n) is 4.36. The van der Waals surface area contributed by atoms with Gasteiger partial charge in [0.05, 0.1) is 6.42 Å². The lowest BCUT2D eigenvalue weighted by Crippen LogP contribution is -2.03. The summed E-state index contributed by atoms with van der Waals surface area (Å²) in [7, 11) is 1.64. The largest absolute Gasteiger partial charge is 0.508 e. The first-order chi connectivity index (χ1) is 9.24. The topological polar surface area (TPSA) is 68.4 Å². The predicted octanol–water partition coefficient (Wildman–Crippen LogP) is 2.85. The number of hydrogen-bond acceptors (Lipinski definition) is 5. The minimum absolute atomic E-state index is 0.133. The van der Waals surface area contributed by atoms with Crippen molar-refractivity contribution in [3.8, 4) is 5.75 Å². The molecule has 1 unspecified atom stereocenters. The highest BCUT2D eigenvalue weighted by molar-refractivity contribution is 5.33. The summed E-state index contributed by atoms with van der Waals surface area (Å²) in [6.45, 7) is 2.08. The summed E-state index contributed by atoms with van der Waals surface area (Å²) in [6, 6.07) is 7.11. The highest BCUT2D eigenvalue weighted by Gasteiger charge is 2.17. The lowest BCUT2D eigenvalue weighted by Gasteiger charge is -2.08. The molecule has 19 heavy (non-hydrogen) atoms. The molecule has 0 amide bonds. The van der Waals surface area contributed by atoms with E-state index in [4.69, 9.17) is 9.26 Å². The Balaban J connectivity index is 2.11. The van der Waals surface area contributed by atoms with Gasteiger partial charge in [-0.25, -0.2) is 0 Å². The number of para-hydroxylation sites is 1. The van der Waals surface area contributed by atoms with E-state index in [0.717, 1.165) is 18.4 Å². The molecular formula is C14H18N2O3. The number of methoxy groups -OCH3 is 1. The summed E-state index contributed by atoms with van der Waals surface area (Å²) in [5.74, 6) is 1.28. The van der Waals surface area contributed by atoms with Crippen LogP contribution in [0.1, 0.15) is 43.1 Å². The van der Waals surface area contributed by atoms with Crippen LogP contribution in [-0.2, 0) is 11.2 Å². The van der Waals surface area contributed by atoms with Crippen LogP contribution in [0.3, 0.4) is 0 Å². The molecule has 1 aromatic carbocycles. The number of nitrogens with zero attached hydrogens (tertiary/aromatic N) is 2. The molecule has 0 spiro atoms. The first-order valence-corrected chi connectivity index (χ1v) is 6.36. The van der Waals surface area contributed by atoms with Crippen LogP contribution in [0.2, 0.25) is 0 Å². The van der Waals surface area contributed by atoms with Crippen molar-refractivity contribution >= 4 is 0 Å². The third-order valence-electron chi connectivity index (χ3n) is 2.94. The van der Waals surface area contributed by atoms with Crippen LogP contribution in [0, 0.1) is 0 Å². The summed E-state index contributed by atoms with van der Waals surface area (Å²) in [4.78, 5) is 4.32. The smallest absolute Gasteiger partial charge is 0.231 e. The number of rotatable bonds is 6. The average molecular weight is 262 g/mol. The molecular weight excluding hydrogens is 244 g/mol. The maximum atomic E-state index is 9.70. The van der Waals surface area contributed by atoms with Crippen molar-refractivity contribution in [2.24, 2.45) is 0 Å². The van der Waals surface area contributed by atoms with Crippen LogP contribution in [0.5, 0.6) is 5.75 Å². The van der Waals surface area contributed by atoms with E-state index in [9.17, 15) is 5.11 Å². The van der Waals surface area contributed by atoms with Gasteiger partial charge < -0.3 is 14.4 Å². The molecule has 0 bridgehead atoms. The maximum Gasteiger partial charge on any atom is 0.231 e. The molecule has 0 radical (unpaired) electrons. The van der Waals surface area contributed by atoms with Gasteiger partial charge in [-0.3, -0.25) is 0 Å². The molecule has 5 heteroatoms. The molecule has 0 saturated carbocycles. The Bertz CT molecular complexity index is 525. The Hall–Kier alpha value is -1.88. The number of benzene rings is 1. The zero-order valence-corrected chi connectivity index (χ0v) is 11.2. The van der Waals surface area contributed by atoms with E-state index in [-0.39, 0.29) is 11.9 Å². The highest BCUT2D eigenvalue weighted by atomic mass is 16.5. The third-order valence-corrected chi connectivity index (χ3v) is 2.94. The number of ether oxygens (including phenoxy) is 1. The summed E-state index contributed by atoms with van der Waals surface area (Å²) in [5.41, 5.74) is 0.766. The van der Waals surface area contributed by atoms with Gasteiger partial charge in [0.2, 0.25) is 11.7 Å². The molecule has 1 aromatic heterocycles. The third kappa shape index (κ3) is 3.32. The van der Waals surface area contributed by atoms with E-state index >= 15 is 0 Å². The number of phenols is 1. The fourth-order valence-corrected chi connectivity index (χ4v) is 1.91. The second-order valence-corrected chi connectivity index (χ2v) is 4.36. The monoisotopic (exact) mass is 262 g/mol. The van der Waals surface area contributed by atoms with Gasteiger partial charge in [0.1, 0.15) is 11.9 Å². The molecule has 2 aromatic rings. The van der Waals surface area contributed by atoms with E-state index in [0.29, 0.717) is 18.1 Å². The van der Waals surface area contributed by atoms with Gasteiger partial charge in [0.25, 0.3) is 0 Å². The molecule has 0 saturated heterocycles. The Labute approximate surface area is 112 Å². The summed E-state index contributed by atoms with van der Waals surface area (Å²) in [5, 5.41) is 13.6. The van der Waals surface area contributed by atoms with Gasteiger partial charge in [0.15, 0.2) is 0 Å².